The SMILES string of the molecule is CC(C)C1(OO)C=CC(OO)(C(C)C)C=C1. The maximum atomic E-state index is 8.99. The second kappa shape index (κ2) is 4.67. The number of rotatable bonds is 4. The Balaban J connectivity index is 3.01. The van der Waals surface area contributed by atoms with Crippen LogP contribution in [0.4, 0.5) is 0 Å². The first kappa shape index (κ1) is 13.4. The van der Waals surface area contributed by atoms with Crippen LogP contribution >= 0.6 is 0 Å². The summed E-state index contributed by atoms with van der Waals surface area (Å²) in [6, 6.07) is 0. The van der Waals surface area contributed by atoms with Gasteiger partial charge in [0, 0.05) is 0 Å². The molecule has 0 aromatic heterocycles. The van der Waals surface area contributed by atoms with Crippen LogP contribution in [0, 0.1) is 11.8 Å². The zero-order valence-corrected chi connectivity index (χ0v) is 10.2. The average Bonchev–Trinajstić information content (AvgIpc) is 2.28. The molecule has 0 heterocycles. The van der Waals surface area contributed by atoms with Crippen LogP contribution in [0.1, 0.15) is 27.7 Å². The van der Waals surface area contributed by atoms with E-state index in [0.717, 1.165) is 0 Å². The summed E-state index contributed by atoms with van der Waals surface area (Å²) in [5.74, 6) is 0.155. The van der Waals surface area contributed by atoms with Crippen LogP contribution in [0.2, 0.25) is 0 Å². The largest absolute Gasteiger partial charge is 0.251 e. The van der Waals surface area contributed by atoms with Crippen LogP contribution < -0.4 is 0 Å². The van der Waals surface area contributed by atoms with Gasteiger partial charge < -0.3 is 0 Å². The summed E-state index contributed by atoms with van der Waals surface area (Å²) in [4.78, 5) is 9.09. The van der Waals surface area contributed by atoms with Gasteiger partial charge >= 0.3 is 0 Å². The van der Waals surface area contributed by atoms with E-state index >= 15 is 0 Å². The van der Waals surface area contributed by atoms with E-state index in [0.29, 0.717) is 0 Å². The minimum absolute atomic E-state index is 0.0776. The first-order chi connectivity index (χ1) is 7.42. The van der Waals surface area contributed by atoms with E-state index in [1.807, 2.05) is 27.7 Å². The Kier molecular flexibility index (Phi) is 3.91. The highest BCUT2D eigenvalue weighted by Gasteiger charge is 2.39. The summed E-state index contributed by atoms with van der Waals surface area (Å²) in [6.45, 7) is 7.75. The molecule has 0 unspecified atom stereocenters. The zero-order chi connectivity index (χ0) is 12.4. The maximum absolute atomic E-state index is 8.99. The monoisotopic (exact) mass is 228 g/mol. The third kappa shape index (κ3) is 2.06. The Hall–Kier alpha value is -0.680. The van der Waals surface area contributed by atoms with Crippen LogP contribution in [0.25, 0.3) is 0 Å². The predicted molar refractivity (Wildman–Crippen MR) is 60.8 cm³/mol. The van der Waals surface area contributed by atoms with E-state index in [2.05, 4.69) is 9.78 Å². The summed E-state index contributed by atoms with van der Waals surface area (Å²) in [6.07, 6.45) is 6.86. The summed E-state index contributed by atoms with van der Waals surface area (Å²) >= 11 is 0. The molecule has 0 amide bonds. The Morgan fingerprint density at radius 2 is 1.00 bits per heavy atom. The lowest BCUT2D eigenvalue weighted by Crippen LogP contribution is -2.42. The van der Waals surface area contributed by atoms with Gasteiger partial charge in [-0.25, -0.2) is 9.78 Å². The zero-order valence-electron chi connectivity index (χ0n) is 10.2. The molecule has 0 bridgehead atoms. The van der Waals surface area contributed by atoms with E-state index in [1.54, 1.807) is 24.3 Å². The number of hydrogen-bond acceptors (Lipinski definition) is 4. The topological polar surface area (TPSA) is 58.9 Å². The molecule has 16 heavy (non-hydrogen) atoms. The molecule has 0 saturated heterocycles. The second-order valence-corrected chi connectivity index (χ2v) is 4.87. The molecule has 0 aromatic rings. The fourth-order valence-corrected chi connectivity index (χ4v) is 1.73. The van der Waals surface area contributed by atoms with Gasteiger partial charge in [-0.3, -0.25) is 10.5 Å². The Morgan fingerprint density at radius 3 is 1.12 bits per heavy atom. The van der Waals surface area contributed by atoms with Crippen molar-refractivity contribution in [1.29, 1.82) is 0 Å². The van der Waals surface area contributed by atoms with Crippen molar-refractivity contribution < 1.29 is 20.3 Å². The van der Waals surface area contributed by atoms with E-state index in [9.17, 15) is 0 Å². The molecule has 4 heteroatoms. The molecule has 0 radical (unpaired) electrons. The Bertz CT molecular complexity index is 249. The fraction of sp³-hybridized carbons (Fsp3) is 0.667. The van der Waals surface area contributed by atoms with E-state index < -0.39 is 11.2 Å². The molecular formula is C12H20O4. The third-order valence-corrected chi connectivity index (χ3v) is 3.33. The highest BCUT2D eigenvalue weighted by molar-refractivity contribution is 5.31. The van der Waals surface area contributed by atoms with Gasteiger partial charge in [0.05, 0.1) is 0 Å². The van der Waals surface area contributed by atoms with Gasteiger partial charge in [-0.15, -0.1) is 0 Å². The minimum atomic E-state index is -0.836. The van der Waals surface area contributed by atoms with Crippen molar-refractivity contribution in [2.75, 3.05) is 0 Å². The molecule has 1 aliphatic rings. The van der Waals surface area contributed by atoms with Crippen molar-refractivity contribution in [1.82, 2.24) is 0 Å². The fourth-order valence-electron chi connectivity index (χ4n) is 1.73. The molecule has 0 aliphatic heterocycles. The lowest BCUT2D eigenvalue weighted by Gasteiger charge is -2.37. The van der Waals surface area contributed by atoms with Crippen LogP contribution in [0.5, 0.6) is 0 Å². The van der Waals surface area contributed by atoms with Crippen molar-refractivity contribution in [3.63, 3.8) is 0 Å². The molecular weight excluding hydrogens is 208 g/mol. The second-order valence-electron chi connectivity index (χ2n) is 4.87. The van der Waals surface area contributed by atoms with E-state index in [1.165, 1.54) is 0 Å². The lowest BCUT2D eigenvalue weighted by atomic mass is 9.78. The molecule has 0 saturated carbocycles. The Morgan fingerprint density at radius 1 is 0.750 bits per heavy atom. The van der Waals surface area contributed by atoms with Crippen LogP contribution in [-0.2, 0) is 9.78 Å². The van der Waals surface area contributed by atoms with Gasteiger partial charge in [-0.05, 0) is 36.1 Å². The maximum Gasteiger partial charge on any atom is 0.142 e. The van der Waals surface area contributed by atoms with Crippen molar-refractivity contribution in [3.05, 3.63) is 24.3 Å². The minimum Gasteiger partial charge on any atom is -0.251 e. The Labute approximate surface area is 96.0 Å². The summed E-state index contributed by atoms with van der Waals surface area (Å²) < 4.78 is 0. The molecule has 0 spiro atoms. The van der Waals surface area contributed by atoms with Crippen molar-refractivity contribution in [2.24, 2.45) is 11.8 Å². The first-order valence-corrected chi connectivity index (χ1v) is 5.48. The van der Waals surface area contributed by atoms with Crippen molar-refractivity contribution in [3.8, 4) is 0 Å². The molecule has 4 nitrogen and oxygen atoms in total. The van der Waals surface area contributed by atoms with E-state index in [-0.39, 0.29) is 11.8 Å². The van der Waals surface area contributed by atoms with Gasteiger partial charge in [0.1, 0.15) is 11.2 Å². The molecule has 92 valence electrons. The standard InChI is InChI=1S/C12H20O4/c1-9(2)11(15-13)5-7-12(16-14,8-6-11)10(3)4/h5-10,13-14H,1-4H3. The molecule has 1 rings (SSSR count). The molecule has 2 N–H and O–H groups in total. The van der Waals surface area contributed by atoms with Crippen LogP contribution in [0.15, 0.2) is 24.3 Å². The summed E-state index contributed by atoms with van der Waals surface area (Å²) in [5.41, 5.74) is -1.67. The van der Waals surface area contributed by atoms with Crippen LogP contribution in [0.3, 0.4) is 0 Å². The highest BCUT2D eigenvalue weighted by Crippen LogP contribution is 2.35. The molecule has 0 atom stereocenters. The number of hydrogen-bond donors (Lipinski definition) is 2. The van der Waals surface area contributed by atoms with Gasteiger partial charge in [-0.1, -0.05) is 27.7 Å². The molecule has 0 aromatic carbocycles. The van der Waals surface area contributed by atoms with Crippen LogP contribution in [-0.4, -0.2) is 21.7 Å². The molecule has 0 fully saturated rings. The third-order valence-electron chi connectivity index (χ3n) is 3.33. The average molecular weight is 228 g/mol. The smallest absolute Gasteiger partial charge is 0.142 e. The van der Waals surface area contributed by atoms with Crippen molar-refractivity contribution in [2.45, 2.75) is 38.9 Å². The van der Waals surface area contributed by atoms with E-state index in [4.69, 9.17) is 10.5 Å². The lowest BCUT2D eigenvalue weighted by molar-refractivity contribution is -0.315. The van der Waals surface area contributed by atoms with Gasteiger partial charge in [0.25, 0.3) is 0 Å². The van der Waals surface area contributed by atoms with Crippen molar-refractivity contribution >= 4 is 0 Å². The summed E-state index contributed by atoms with van der Waals surface area (Å²) in [5, 5.41) is 18.0. The summed E-state index contributed by atoms with van der Waals surface area (Å²) in [7, 11) is 0. The quantitative estimate of drug-likeness (QED) is 0.441. The normalized spacial score (nSPS) is 34.0. The van der Waals surface area contributed by atoms with Gasteiger partial charge in [0.2, 0.25) is 0 Å². The van der Waals surface area contributed by atoms with Gasteiger partial charge in [0.15, 0.2) is 0 Å². The molecule has 1 aliphatic carbocycles. The highest BCUT2D eigenvalue weighted by atomic mass is 17.1. The van der Waals surface area contributed by atoms with Gasteiger partial charge in [-0.2, -0.15) is 0 Å². The predicted octanol–water partition coefficient (Wildman–Crippen LogP) is 2.88. The first-order valence-electron chi connectivity index (χ1n) is 5.48.